The maximum Gasteiger partial charge on any atom is 0.240 e. The van der Waals surface area contributed by atoms with Gasteiger partial charge in [-0.1, -0.05) is 38.8 Å². The van der Waals surface area contributed by atoms with E-state index in [1.54, 1.807) is 0 Å². The fourth-order valence-electron chi connectivity index (χ4n) is 3.44. The maximum absolute atomic E-state index is 12.9. The zero-order valence-corrected chi connectivity index (χ0v) is 14.8. The average molecular weight is 328 g/mol. The second kappa shape index (κ2) is 6.96. The number of nitrogens with zero attached hydrogens (tertiary/aromatic N) is 1. The van der Waals surface area contributed by atoms with Gasteiger partial charge in [-0.05, 0) is 49.3 Å². The van der Waals surface area contributed by atoms with Crippen LogP contribution in [0.25, 0.3) is 0 Å². The van der Waals surface area contributed by atoms with Gasteiger partial charge in [0.25, 0.3) is 0 Å². The molecule has 1 heterocycles. The lowest BCUT2D eigenvalue weighted by Gasteiger charge is -2.25. The smallest absolute Gasteiger partial charge is 0.240 e. The lowest BCUT2D eigenvalue weighted by atomic mass is 10.0. The summed E-state index contributed by atoms with van der Waals surface area (Å²) in [7, 11) is 0. The van der Waals surface area contributed by atoms with E-state index in [9.17, 15) is 9.59 Å². The number of amides is 2. The molecule has 1 saturated heterocycles. The van der Waals surface area contributed by atoms with Gasteiger partial charge in [0.2, 0.25) is 11.8 Å². The lowest BCUT2D eigenvalue weighted by Crippen LogP contribution is -2.43. The van der Waals surface area contributed by atoms with Crippen LogP contribution in [0.15, 0.2) is 24.3 Å². The molecule has 24 heavy (non-hydrogen) atoms. The molecule has 4 heteroatoms. The van der Waals surface area contributed by atoms with Crippen LogP contribution in [-0.4, -0.2) is 29.8 Å². The summed E-state index contributed by atoms with van der Waals surface area (Å²) in [5.74, 6) is 0.379. The molecule has 0 unspecified atom stereocenters. The molecule has 0 bridgehead atoms. The molecule has 1 saturated carbocycles. The topological polar surface area (TPSA) is 49.4 Å². The summed E-state index contributed by atoms with van der Waals surface area (Å²) in [5, 5.41) is 2.96. The van der Waals surface area contributed by atoms with Crippen LogP contribution in [0.3, 0.4) is 0 Å². The Balaban J connectivity index is 1.66. The summed E-state index contributed by atoms with van der Waals surface area (Å²) in [6.45, 7) is 5.90. The highest BCUT2D eigenvalue weighted by Gasteiger charge is 2.57. The van der Waals surface area contributed by atoms with Crippen LogP contribution in [-0.2, 0) is 9.59 Å². The Morgan fingerprint density at radius 3 is 2.08 bits per heavy atom. The standard InChI is InChI=1S/C20H28N2O2/c1-15(2)16-7-9-17(10-8-16)21-18(23)20(11-12-20)19(24)22-13-5-3-4-6-14-22/h7-10,15H,3-6,11-14H2,1-2H3,(H,21,23). The van der Waals surface area contributed by atoms with Crippen LogP contribution < -0.4 is 5.32 Å². The molecule has 1 aliphatic carbocycles. The van der Waals surface area contributed by atoms with Gasteiger partial charge in [-0.3, -0.25) is 9.59 Å². The van der Waals surface area contributed by atoms with E-state index >= 15 is 0 Å². The van der Waals surface area contributed by atoms with E-state index in [0.29, 0.717) is 18.8 Å². The molecule has 2 amide bonds. The largest absolute Gasteiger partial charge is 0.342 e. The van der Waals surface area contributed by atoms with Crippen molar-refractivity contribution in [1.82, 2.24) is 4.90 Å². The number of likely N-dealkylation sites (tertiary alicyclic amines) is 1. The van der Waals surface area contributed by atoms with Crippen LogP contribution >= 0.6 is 0 Å². The first-order valence-electron chi connectivity index (χ1n) is 9.24. The third-order valence-electron chi connectivity index (χ3n) is 5.32. The number of rotatable bonds is 4. The van der Waals surface area contributed by atoms with E-state index in [0.717, 1.165) is 31.6 Å². The summed E-state index contributed by atoms with van der Waals surface area (Å²) >= 11 is 0. The van der Waals surface area contributed by atoms with Crippen molar-refractivity contribution in [2.75, 3.05) is 18.4 Å². The zero-order chi connectivity index (χ0) is 17.2. The summed E-state index contributed by atoms with van der Waals surface area (Å²) < 4.78 is 0. The fourth-order valence-corrected chi connectivity index (χ4v) is 3.44. The highest BCUT2D eigenvalue weighted by molar-refractivity contribution is 6.13. The van der Waals surface area contributed by atoms with E-state index in [2.05, 4.69) is 19.2 Å². The molecule has 1 N–H and O–H groups in total. The average Bonchev–Trinajstić information content (AvgIpc) is 3.39. The third kappa shape index (κ3) is 3.47. The van der Waals surface area contributed by atoms with Gasteiger partial charge in [0, 0.05) is 18.8 Å². The molecular formula is C20H28N2O2. The quantitative estimate of drug-likeness (QED) is 0.851. The summed E-state index contributed by atoms with van der Waals surface area (Å²) in [6, 6.07) is 7.94. The van der Waals surface area contributed by atoms with Crippen molar-refractivity contribution in [3.8, 4) is 0 Å². The SMILES string of the molecule is CC(C)c1ccc(NC(=O)C2(C(=O)N3CCCCCC3)CC2)cc1. The molecule has 1 aromatic carbocycles. The van der Waals surface area contributed by atoms with Gasteiger partial charge in [-0.25, -0.2) is 0 Å². The van der Waals surface area contributed by atoms with Gasteiger partial charge in [0.1, 0.15) is 5.41 Å². The highest BCUT2D eigenvalue weighted by atomic mass is 16.2. The van der Waals surface area contributed by atoms with E-state index in [1.807, 2.05) is 29.2 Å². The number of nitrogens with one attached hydrogen (secondary N) is 1. The molecule has 1 aromatic rings. The molecule has 130 valence electrons. The number of hydrogen-bond donors (Lipinski definition) is 1. The van der Waals surface area contributed by atoms with Crippen LogP contribution in [0, 0.1) is 5.41 Å². The molecule has 4 nitrogen and oxygen atoms in total. The van der Waals surface area contributed by atoms with Crippen molar-refractivity contribution >= 4 is 17.5 Å². The number of hydrogen-bond acceptors (Lipinski definition) is 2. The van der Waals surface area contributed by atoms with Gasteiger partial charge in [-0.15, -0.1) is 0 Å². The molecule has 1 aliphatic heterocycles. The zero-order valence-electron chi connectivity index (χ0n) is 14.8. The number of anilines is 1. The highest BCUT2D eigenvalue weighted by Crippen LogP contribution is 2.48. The molecule has 3 rings (SSSR count). The summed E-state index contributed by atoms with van der Waals surface area (Å²) in [4.78, 5) is 27.5. The molecular weight excluding hydrogens is 300 g/mol. The van der Waals surface area contributed by atoms with Crippen LogP contribution in [0.1, 0.15) is 63.9 Å². The molecule has 0 spiro atoms. The van der Waals surface area contributed by atoms with E-state index in [1.165, 1.54) is 18.4 Å². The number of carbonyl (C=O) groups is 2. The first-order chi connectivity index (χ1) is 11.5. The monoisotopic (exact) mass is 328 g/mol. The predicted molar refractivity (Wildman–Crippen MR) is 95.9 cm³/mol. The number of carbonyl (C=O) groups excluding carboxylic acids is 2. The van der Waals surface area contributed by atoms with Crippen molar-refractivity contribution in [3.63, 3.8) is 0 Å². The fraction of sp³-hybridized carbons (Fsp3) is 0.600. The first kappa shape index (κ1) is 17.0. The minimum atomic E-state index is -0.805. The Labute approximate surface area is 144 Å². The van der Waals surface area contributed by atoms with Gasteiger partial charge in [-0.2, -0.15) is 0 Å². The Kier molecular flexibility index (Phi) is 4.93. The second-order valence-electron chi connectivity index (χ2n) is 7.52. The van der Waals surface area contributed by atoms with Crippen LogP contribution in [0.2, 0.25) is 0 Å². The van der Waals surface area contributed by atoms with Crippen molar-refractivity contribution < 1.29 is 9.59 Å². The van der Waals surface area contributed by atoms with Crippen molar-refractivity contribution in [1.29, 1.82) is 0 Å². The summed E-state index contributed by atoms with van der Waals surface area (Å²) in [5.41, 5.74) is 1.22. The molecule has 0 radical (unpaired) electrons. The molecule has 2 fully saturated rings. The normalized spacial score (nSPS) is 19.7. The van der Waals surface area contributed by atoms with Crippen molar-refractivity contribution in [2.45, 2.75) is 58.3 Å². The minimum Gasteiger partial charge on any atom is -0.342 e. The predicted octanol–water partition coefficient (Wildman–Crippen LogP) is 3.93. The third-order valence-corrected chi connectivity index (χ3v) is 5.32. The van der Waals surface area contributed by atoms with Crippen molar-refractivity contribution in [3.05, 3.63) is 29.8 Å². The van der Waals surface area contributed by atoms with Gasteiger partial charge in [0.05, 0.1) is 0 Å². The number of benzene rings is 1. The lowest BCUT2D eigenvalue weighted by molar-refractivity contribution is -0.142. The van der Waals surface area contributed by atoms with E-state index in [-0.39, 0.29) is 11.8 Å². The van der Waals surface area contributed by atoms with Gasteiger partial charge >= 0.3 is 0 Å². The first-order valence-corrected chi connectivity index (χ1v) is 9.24. The molecule has 2 aliphatic rings. The Morgan fingerprint density at radius 2 is 1.58 bits per heavy atom. The van der Waals surface area contributed by atoms with Crippen LogP contribution in [0.4, 0.5) is 5.69 Å². The maximum atomic E-state index is 12.9. The Bertz CT molecular complexity index is 595. The van der Waals surface area contributed by atoms with E-state index < -0.39 is 5.41 Å². The van der Waals surface area contributed by atoms with Gasteiger partial charge in [0.15, 0.2) is 0 Å². The van der Waals surface area contributed by atoms with E-state index in [4.69, 9.17) is 0 Å². The van der Waals surface area contributed by atoms with Crippen molar-refractivity contribution in [2.24, 2.45) is 5.41 Å². The Morgan fingerprint density at radius 1 is 1.00 bits per heavy atom. The van der Waals surface area contributed by atoms with Gasteiger partial charge < -0.3 is 10.2 Å². The summed E-state index contributed by atoms with van der Waals surface area (Å²) in [6.07, 6.45) is 5.84. The second-order valence-corrected chi connectivity index (χ2v) is 7.52. The minimum absolute atomic E-state index is 0.0423. The molecule has 0 atom stereocenters. The van der Waals surface area contributed by atoms with Crippen LogP contribution in [0.5, 0.6) is 0 Å². The molecule has 0 aromatic heterocycles. The Hall–Kier alpha value is -1.84.